The standard InChI is InChI=1S/C29H32F3N3O2/c1-3-4-14-34(18-29(30,31)32)28(37)25-19(2)26(24-12-8-7-11-23(24)25)33-15-13-21(17-33)35-16-20-9-5-6-10-22(20)27(35)36/h5-12,21,25H,3-4,13-18H2,1-2H3. The second kappa shape index (κ2) is 9.88. The Morgan fingerprint density at radius 3 is 2.49 bits per heavy atom. The van der Waals surface area contributed by atoms with Crippen molar-refractivity contribution >= 4 is 17.5 Å². The summed E-state index contributed by atoms with van der Waals surface area (Å²) in [6.45, 7) is 4.55. The van der Waals surface area contributed by atoms with Crippen LogP contribution >= 0.6 is 0 Å². The molecule has 5 nitrogen and oxygen atoms in total. The number of nitrogens with zero attached hydrogens (tertiary/aromatic N) is 3. The number of likely N-dealkylation sites (tertiary alicyclic amines) is 1. The van der Waals surface area contributed by atoms with Crippen LogP contribution in [-0.4, -0.2) is 64.9 Å². The van der Waals surface area contributed by atoms with E-state index in [1.54, 1.807) is 0 Å². The van der Waals surface area contributed by atoms with Gasteiger partial charge in [0.15, 0.2) is 0 Å². The van der Waals surface area contributed by atoms with Crippen molar-refractivity contribution in [1.29, 1.82) is 0 Å². The van der Waals surface area contributed by atoms with Crippen molar-refractivity contribution in [2.75, 3.05) is 26.2 Å². The minimum Gasteiger partial charge on any atom is -0.369 e. The summed E-state index contributed by atoms with van der Waals surface area (Å²) in [6.07, 6.45) is -2.43. The number of hydrogen-bond acceptors (Lipinski definition) is 3. The fourth-order valence-corrected chi connectivity index (χ4v) is 6.07. The zero-order valence-electron chi connectivity index (χ0n) is 21.2. The molecule has 5 rings (SSSR count). The highest BCUT2D eigenvalue weighted by Gasteiger charge is 2.43. The van der Waals surface area contributed by atoms with Gasteiger partial charge in [0, 0.05) is 43.0 Å². The predicted octanol–water partition coefficient (Wildman–Crippen LogP) is 5.44. The van der Waals surface area contributed by atoms with Crippen molar-refractivity contribution in [2.24, 2.45) is 0 Å². The van der Waals surface area contributed by atoms with Gasteiger partial charge >= 0.3 is 6.18 Å². The molecule has 0 N–H and O–H groups in total. The summed E-state index contributed by atoms with van der Waals surface area (Å²) in [7, 11) is 0. The predicted molar refractivity (Wildman–Crippen MR) is 136 cm³/mol. The van der Waals surface area contributed by atoms with Gasteiger partial charge in [-0.1, -0.05) is 55.8 Å². The number of amides is 2. The SMILES string of the molecule is CCCCN(CC(F)(F)F)C(=O)C1C(C)=C(N2CCC(N3Cc4ccccc4C3=O)C2)c2ccccc21. The second-order valence-corrected chi connectivity index (χ2v) is 10.3. The third kappa shape index (κ3) is 4.74. The Labute approximate surface area is 215 Å². The molecule has 0 aromatic heterocycles. The normalized spacial score (nSPS) is 21.1. The average Bonchev–Trinajstić information content (AvgIpc) is 3.54. The molecular weight excluding hydrogens is 479 g/mol. The maximum absolute atomic E-state index is 13.6. The fourth-order valence-electron chi connectivity index (χ4n) is 6.07. The Balaban J connectivity index is 1.41. The number of carbonyl (C=O) groups excluding carboxylic acids is 2. The summed E-state index contributed by atoms with van der Waals surface area (Å²) in [5.74, 6) is -1.18. The Morgan fingerprint density at radius 1 is 1.08 bits per heavy atom. The maximum atomic E-state index is 13.6. The second-order valence-electron chi connectivity index (χ2n) is 10.3. The number of hydrogen-bond donors (Lipinski definition) is 0. The van der Waals surface area contributed by atoms with E-state index in [0.717, 1.165) is 51.4 Å². The van der Waals surface area contributed by atoms with Crippen molar-refractivity contribution in [3.05, 3.63) is 76.4 Å². The monoisotopic (exact) mass is 511 g/mol. The van der Waals surface area contributed by atoms with Crippen LogP contribution in [0.25, 0.3) is 5.70 Å². The van der Waals surface area contributed by atoms with Gasteiger partial charge in [0.1, 0.15) is 6.54 Å². The first-order valence-corrected chi connectivity index (χ1v) is 13.0. The molecule has 2 unspecified atom stereocenters. The van der Waals surface area contributed by atoms with Gasteiger partial charge in [-0.2, -0.15) is 13.2 Å². The van der Waals surface area contributed by atoms with Crippen LogP contribution in [0.1, 0.15) is 66.1 Å². The highest BCUT2D eigenvalue weighted by atomic mass is 19.4. The van der Waals surface area contributed by atoms with Crippen molar-refractivity contribution in [3.63, 3.8) is 0 Å². The van der Waals surface area contributed by atoms with Gasteiger partial charge in [0.05, 0.1) is 12.0 Å². The number of carbonyl (C=O) groups is 2. The van der Waals surface area contributed by atoms with Gasteiger partial charge in [-0.15, -0.1) is 0 Å². The number of benzene rings is 2. The zero-order valence-corrected chi connectivity index (χ0v) is 21.2. The molecule has 2 heterocycles. The van der Waals surface area contributed by atoms with Crippen LogP contribution in [0, 0.1) is 0 Å². The van der Waals surface area contributed by atoms with Crippen molar-refractivity contribution < 1.29 is 22.8 Å². The molecule has 8 heteroatoms. The van der Waals surface area contributed by atoms with E-state index in [1.807, 2.05) is 67.3 Å². The molecule has 0 saturated carbocycles. The summed E-state index contributed by atoms with van der Waals surface area (Å²) < 4.78 is 40.1. The topological polar surface area (TPSA) is 43.9 Å². The highest BCUT2D eigenvalue weighted by Crippen LogP contribution is 2.46. The quantitative estimate of drug-likeness (QED) is 0.498. The maximum Gasteiger partial charge on any atom is 0.406 e. The Morgan fingerprint density at radius 2 is 1.78 bits per heavy atom. The lowest BCUT2D eigenvalue weighted by Crippen LogP contribution is -2.42. The lowest BCUT2D eigenvalue weighted by Gasteiger charge is -2.28. The molecule has 2 amide bonds. The van der Waals surface area contributed by atoms with E-state index in [2.05, 4.69) is 4.90 Å². The van der Waals surface area contributed by atoms with Crippen LogP contribution in [0.15, 0.2) is 54.1 Å². The lowest BCUT2D eigenvalue weighted by atomic mass is 9.95. The molecule has 0 spiro atoms. The van der Waals surface area contributed by atoms with E-state index in [0.29, 0.717) is 25.9 Å². The Kier molecular flexibility index (Phi) is 6.77. The number of alkyl halides is 3. The lowest BCUT2D eigenvalue weighted by molar-refractivity contribution is -0.161. The minimum absolute atomic E-state index is 0.0356. The number of rotatable bonds is 7. The molecule has 0 radical (unpaired) electrons. The summed E-state index contributed by atoms with van der Waals surface area (Å²) in [5.41, 5.74) is 5.16. The molecular formula is C29H32F3N3O2. The molecule has 196 valence electrons. The van der Waals surface area contributed by atoms with Crippen LogP contribution in [-0.2, 0) is 11.3 Å². The van der Waals surface area contributed by atoms with Crippen molar-refractivity contribution in [1.82, 2.24) is 14.7 Å². The number of unbranched alkanes of at least 4 members (excludes halogenated alkanes) is 1. The largest absolute Gasteiger partial charge is 0.406 e. The van der Waals surface area contributed by atoms with Crippen molar-refractivity contribution in [2.45, 2.75) is 57.8 Å². The molecule has 0 bridgehead atoms. The Hall–Kier alpha value is -3.29. The molecule has 2 aromatic rings. The number of halogens is 3. The van der Waals surface area contributed by atoms with Crippen LogP contribution in [0.2, 0.25) is 0 Å². The molecule has 1 aliphatic carbocycles. The summed E-state index contributed by atoms with van der Waals surface area (Å²) >= 11 is 0. The van der Waals surface area contributed by atoms with E-state index in [4.69, 9.17) is 0 Å². The van der Waals surface area contributed by atoms with E-state index in [1.165, 1.54) is 0 Å². The first kappa shape index (κ1) is 25.4. The van der Waals surface area contributed by atoms with E-state index >= 15 is 0 Å². The summed E-state index contributed by atoms with van der Waals surface area (Å²) in [5, 5.41) is 0. The molecule has 2 atom stereocenters. The average molecular weight is 512 g/mol. The smallest absolute Gasteiger partial charge is 0.369 e. The summed E-state index contributed by atoms with van der Waals surface area (Å²) in [6, 6.07) is 15.3. The molecule has 1 saturated heterocycles. The molecule has 3 aliphatic rings. The first-order chi connectivity index (χ1) is 17.7. The first-order valence-electron chi connectivity index (χ1n) is 13.0. The van der Waals surface area contributed by atoms with Gasteiger partial charge in [-0.25, -0.2) is 0 Å². The third-order valence-electron chi connectivity index (χ3n) is 7.81. The van der Waals surface area contributed by atoms with Crippen LogP contribution in [0.4, 0.5) is 13.2 Å². The fraction of sp³-hybridized carbons (Fsp3) is 0.448. The Bertz CT molecular complexity index is 1240. The van der Waals surface area contributed by atoms with E-state index < -0.39 is 24.5 Å². The van der Waals surface area contributed by atoms with E-state index in [-0.39, 0.29) is 18.5 Å². The van der Waals surface area contributed by atoms with Gasteiger partial charge in [0.25, 0.3) is 5.91 Å². The van der Waals surface area contributed by atoms with Gasteiger partial charge in [0.2, 0.25) is 5.91 Å². The van der Waals surface area contributed by atoms with Crippen LogP contribution in [0.3, 0.4) is 0 Å². The van der Waals surface area contributed by atoms with Gasteiger partial charge < -0.3 is 14.7 Å². The molecule has 1 fully saturated rings. The van der Waals surface area contributed by atoms with Gasteiger partial charge in [-0.3, -0.25) is 9.59 Å². The highest BCUT2D eigenvalue weighted by molar-refractivity contribution is 5.98. The summed E-state index contributed by atoms with van der Waals surface area (Å²) in [4.78, 5) is 31.8. The van der Waals surface area contributed by atoms with Crippen LogP contribution < -0.4 is 0 Å². The van der Waals surface area contributed by atoms with Gasteiger partial charge in [-0.05, 0) is 42.5 Å². The zero-order chi connectivity index (χ0) is 26.3. The van der Waals surface area contributed by atoms with Crippen molar-refractivity contribution in [3.8, 4) is 0 Å². The molecule has 37 heavy (non-hydrogen) atoms. The van der Waals surface area contributed by atoms with Crippen LogP contribution in [0.5, 0.6) is 0 Å². The molecule has 2 aliphatic heterocycles. The minimum atomic E-state index is -4.45. The van der Waals surface area contributed by atoms with E-state index in [9.17, 15) is 22.8 Å². The number of fused-ring (bicyclic) bond motifs is 2. The molecule has 2 aromatic carbocycles. The third-order valence-corrected chi connectivity index (χ3v) is 7.81.